The van der Waals surface area contributed by atoms with Gasteiger partial charge in [-0.2, -0.15) is 0 Å². The van der Waals surface area contributed by atoms with E-state index in [1.54, 1.807) is 0 Å². The quantitative estimate of drug-likeness (QED) is 0.326. The minimum absolute atomic E-state index is 0. The molecule has 2 rings (SSSR count). The summed E-state index contributed by atoms with van der Waals surface area (Å²) in [6.07, 6.45) is 5.50. The van der Waals surface area contributed by atoms with E-state index in [0.29, 0.717) is 18.4 Å². The molecule has 0 unspecified atom stereocenters. The van der Waals surface area contributed by atoms with Gasteiger partial charge in [0.2, 0.25) is 0 Å². The Kier molecular flexibility index (Phi) is 8.30. The van der Waals surface area contributed by atoms with Gasteiger partial charge in [-0.15, -0.1) is 24.0 Å². The van der Waals surface area contributed by atoms with E-state index < -0.39 is 0 Å². The largest absolute Gasteiger partial charge is 0.370 e. The van der Waals surface area contributed by atoms with Crippen LogP contribution in [0.25, 0.3) is 0 Å². The van der Waals surface area contributed by atoms with Gasteiger partial charge in [-0.05, 0) is 30.0 Å². The molecule has 0 fully saturated rings. The highest BCUT2D eigenvalue weighted by atomic mass is 127. The molecule has 1 heterocycles. The SMILES string of the molecule is CC(C)CCNC(N)=NCc1cccc(N2CC=CC2)c1.I. The summed E-state index contributed by atoms with van der Waals surface area (Å²) in [6.45, 7) is 7.89. The first-order valence-corrected chi connectivity index (χ1v) is 7.68. The molecule has 0 spiro atoms. The number of halogens is 1. The van der Waals surface area contributed by atoms with Crippen molar-refractivity contribution in [2.45, 2.75) is 26.8 Å². The van der Waals surface area contributed by atoms with E-state index in [9.17, 15) is 0 Å². The molecule has 4 nitrogen and oxygen atoms in total. The number of hydrogen-bond donors (Lipinski definition) is 2. The Bertz CT molecular complexity index is 503. The second kappa shape index (κ2) is 9.71. The van der Waals surface area contributed by atoms with Crippen molar-refractivity contribution in [2.24, 2.45) is 16.6 Å². The molecule has 0 saturated carbocycles. The van der Waals surface area contributed by atoms with E-state index in [-0.39, 0.29) is 24.0 Å². The van der Waals surface area contributed by atoms with Crippen molar-refractivity contribution in [2.75, 3.05) is 24.5 Å². The van der Waals surface area contributed by atoms with Crippen LogP contribution < -0.4 is 16.0 Å². The van der Waals surface area contributed by atoms with Gasteiger partial charge in [0, 0.05) is 25.3 Å². The molecule has 22 heavy (non-hydrogen) atoms. The Hall–Kier alpha value is -1.24. The van der Waals surface area contributed by atoms with Crippen molar-refractivity contribution in [1.82, 2.24) is 5.32 Å². The number of rotatable bonds is 6. The molecule has 0 aliphatic carbocycles. The maximum atomic E-state index is 5.89. The van der Waals surface area contributed by atoms with Crippen LogP contribution >= 0.6 is 24.0 Å². The van der Waals surface area contributed by atoms with E-state index in [0.717, 1.165) is 26.1 Å². The van der Waals surface area contributed by atoms with Crippen molar-refractivity contribution in [1.29, 1.82) is 0 Å². The highest BCUT2D eigenvalue weighted by molar-refractivity contribution is 14.0. The van der Waals surface area contributed by atoms with E-state index in [1.807, 2.05) is 0 Å². The number of guanidine groups is 1. The summed E-state index contributed by atoms with van der Waals surface area (Å²) in [5.41, 5.74) is 8.32. The molecule has 1 aromatic carbocycles. The van der Waals surface area contributed by atoms with Crippen LogP contribution in [0.3, 0.4) is 0 Å². The lowest BCUT2D eigenvalue weighted by Gasteiger charge is -2.18. The Morgan fingerprint density at radius 1 is 1.32 bits per heavy atom. The Labute approximate surface area is 150 Å². The third-order valence-corrected chi connectivity index (χ3v) is 3.55. The molecule has 5 heteroatoms. The zero-order valence-electron chi connectivity index (χ0n) is 13.5. The van der Waals surface area contributed by atoms with Crippen LogP contribution in [0.4, 0.5) is 5.69 Å². The lowest BCUT2D eigenvalue weighted by molar-refractivity contribution is 0.576. The third kappa shape index (κ3) is 6.25. The van der Waals surface area contributed by atoms with Gasteiger partial charge in [-0.1, -0.05) is 38.1 Å². The van der Waals surface area contributed by atoms with Crippen molar-refractivity contribution in [3.8, 4) is 0 Å². The van der Waals surface area contributed by atoms with Crippen LogP contribution in [0, 0.1) is 5.92 Å². The van der Waals surface area contributed by atoms with E-state index in [1.165, 1.54) is 11.3 Å². The average molecular weight is 414 g/mol. The summed E-state index contributed by atoms with van der Waals surface area (Å²) in [7, 11) is 0. The monoisotopic (exact) mass is 414 g/mol. The second-order valence-corrected chi connectivity index (χ2v) is 5.86. The number of nitrogens with zero attached hydrogens (tertiary/aromatic N) is 2. The Balaban J connectivity index is 0.00000242. The van der Waals surface area contributed by atoms with Crippen LogP contribution in [0.2, 0.25) is 0 Å². The molecule has 0 saturated heterocycles. The van der Waals surface area contributed by atoms with Crippen LogP contribution in [0.5, 0.6) is 0 Å². The first kappa shape index (κ1) is 18.8. The first-order valence-electron chi connectivity index (χ1n) is 7.68. The molecule has 3 N–H and O–H groups in total. The lowest BCUT2D eigenvalue weighted by atomic mass is 10.1. The van der Waals surface area contributed by atoms with Crippen molar-refractivity contribution >= 4 is 35.6 Å². The van der Waals surface area contributed by atoms with Crippen LogP contribution in [-0.2, 0) is 6.54 Å². The number of benzene rings is 1. The maximum absolute atomic E-state index is 5.89. The summed E-state index contributed by atoms with van der Waals surface area (Å²) in [6, 6.07) is 8.52. The van der Waals surface area contributed by atoms with Gasteiger partial charge in [0.1, 0.15) is 0 Å². The fourth-order valence-electron chi connectivity index (χ4n) is 2.26. The fourth-order valence-corrected chi connectivity index (χ4v) is 2.26. The second-order valence-electron chi connectivity index (χ2n) is 5.86. The number of nitrogens with one attached hydrogen (secondary N) is 1. The van der Waals surface area contributed by atoms with Crippen LogP contribution in [0.1, 0.15) is 25.8 Å². The van der Waals surface area contributed by atoms with Gasteiger partial charge < -0.3 is 16.0 Å². The minimum atomic E-state index is 0. The topological polar surface area (TPSA) is 53.6 Å². The molecule has 0 bridgehead atoms. The molecule has 0 atom stereocenters. The molecular weight excluding hydrogens is 387 g/mol. The predicted octanol–water partition coefficient (Wildman–Crippen LogP) is 3.13. The molecule has 1 aliphatic rings. The number of anilines is 1. The highest BCUT2D eigenvalue weighted by Gasteiger charge is 2.07. The summed E-state index contributed by atoms with van der Waals surface area (Å²) in [5, 5.41) is 3.16. The number of nitrogens with two attached hydrogens (primary N) is 1. The first-order chi connectivity index (χ1) is 10.1. The molecule has 122 valence electrons. The lowest BCUT2D eigenvalue weighted by Crippen LogP contribution is -2.32. The summed E-state index contributed by atoms with van der Waals surface area (Å²) in [4.78, 5) is 6.74. The predicted molar refractivity (Wildman–Crippen MR) is 106 cm³/mol. The van der Waals surface area contributed by atoms with E-state index in [4.69, 9.17) is 5.73 Å². The van der Waals surface area contributed by atoms with Crippen molar-refractivity contribution < 1.29 is 0 Å². The van der Waals surface area contributed by atoms with Crippen molar-refractivity contribution in [3.05, 3.63) is 42.0 Å². The van der Waals surface area contributed by atoms with Gasteiger partial charge >= 0.3 is 0 Å². The third-order valence-electron chi connectivity index (χ3n) is 3.55. The van der Waals surface area contributed by atoms with Crippen LogP contribution in [0.15, 0.2) is 41.4 Å². The molecular formula is C17H27IN4. The number of hydrogen-bond acceptors (Lipinski definition) is 2. The van der Waals surface area contributed by atoms with Gasteiger partial charge in [-0.3, -0.25) is 0 Å². The summed E-state index contributed by atoms with van der Waals surface area (Å²) >= 11 is 0. The molecule has 0 aromatic heterocycles. The molecule has 0 radical (unpaired) electrons. The van der Waals surface area contributed by atoms with E-state index >= 15 is 0 Å². The maximum Gasteiger partial charge on any atom is 0.188 e. The molecule has 1 aromatic rings. The fraction of sp³-hybridized carbons (Fsp3) is 0.471. The minimum Gasteiger partial charge on any atom is -0.370 e. The molecule has 0 amide bonds. The zero-order chi connectivity index (χ0) is 15.1. The normalized spacial score (nSPS) is 14.3. The summed E-state index contributed by atoms with van der Waals surface area (Å²) in [5.74, 6) is 1.21. The van der Waals surface area contributed by atoms with E-state index in [2.05, 4.69) is 65.5 Å². The van der Waals surface area contributed by atoms with Gasteiger partial charge in [0.15, 0.2) is 5.96 Å². The van der Waals surface area contributed by atoms with Gasteiger partial charge in [0.05, 0.1) is 6.54 Å². The standard InChI is InChI=1S/C17H26N4.HI/c1-14(2)8-9-19-17(18)20-13-15-6-5-7-16(12-15)21-10-3-4-11-21;/h3-7,12,14H,8-11,13H2,1-2H3,(H3,18,19,20);1H. The average Bonchev–Trinajstić information content (AvgIpc) is 2.99. The Morgan fingerprint density at radius 3 is 2.73 bits per heavy atom. The van der Waals surface area contributed by atoms with Crippen molar-refractivity contribution in [3.63, 3.8) is 0 Å². The smallest absolute Gasteiger partial charge is 0.188 e. The number of aliphatic imine (C=N–C) groups is 1. The summed E-state index contributed by atoms with van der Waals surface area (Å²) < 4.78 is 0. The Morgan fingerprint density at radius 2 is 2.05 bits per heavy atom. The van der Waals surface area contributed by atoms with Crippen LogP contribution in [-0.4, -0.2) is 25.6 Å². The molecule has 1 aliphatic heterocycles. The van der Waals surface area contributed by atoms with Gasteiger partial charge in [0.25, 0.3) is 0 Å². The zero-order valence-corrected chi connectivity index (χ0v) is 15.8. The van der Waals surface area contributed by atoms with Gasteiger partial charge in [-0.25, -0.2) is 4.99 Å². The highest BCUT2D eigenvalue weighted by Crippen LogP contribution is 2.18.